The van der Waals surface area contributed by atoms with E-state index in [2.05, 4.69) is 27.3 Å². The van der Waals surface area contributed by atoms with Crippen LogP contribution < -0.4 is 10.2 Å². The molecule has 1 N–H and O–H groups in total. The van der Waals surface area contributed by atoms with Crippen LogP contribution in [0.25, 0.3) is 10.6 Å². The second-order valence-corrected chi connectivity index (χ2v) is 7.81. The largest absolute Gasteiger partial charge is 0.368 e. The fourth-order valence-corrected chi connectivity index (χ4v) is 4.14. The third kappa shape index (κ3) is 4.63. The number of nitrogens with zero attached hydrogens (tertiary/aromatic N) is 3. The molecule has 7 heteroatoms. The highest BCUT2D eigenvalue weighted by Crippen LogP contribution is 2.24. The first-order chi connectivity index (χ1) is 14.2. The molecule has 2 heterocycles. The van der Waals surface area contributed by atoms with Crippen LogP contribution in [0.15, 0.2) is 66.9 Å². The van der Waals surface area contributed by atoms with Gasteiger partial charge in [0.25, 0.3) is 5.91 Å². The van der Waals surface area contributed by atoms with Gasteiger partial charge in [0, 0.05) is 37.4 Å². The lowest BCUT2D eigenvalue weighted by atomic mass is 10.2. The molecule has 0 saturated carbocycles. The van der Waals surface area contributed by atoms with Gasteiger partial charge in [-0.3, -0.25) is 9.59 Å². The molecule has 1 saturated heterocycles. The fraction of sp³-hybridized carbons (Fsp3) is 0.227. The molecule has 2 aromatic carbocycles. The zero-order chi connectivity index (χ0) is 20.1. The predicted octanol–water partition coefficient (Wildman–Crippen LogP) is 2.89. The molecule has 1 aromatic heterocycles. The van der Waals surface area contributed by atoms with Crippen molar-refractivity contribution in [1.82, 2.24) is 15.2 Å². The van der Waals surface area contributed by atoms with E-state index in [1.54, 1.807) is 6.20 Å². The standard InChI is InChI=1S/C22H22N4O2S/c27-20(26-13-11-25(12-14-26)18-9-5-2-6-10-18)16-23-21(28)19-15-24-22(29-19)17-7-3-1-4-8-17/h1-10,15H,11-14,16H2,(H,23,28). The number of rotatable bonds is 5. The molecule has 0 bridgehead atoms. The van der Waals surface area contributed by atoms with Gasteiger partial charge in [0.05, 0.1) is 12.7 Å². The molecule has 1 aliphatic heterocycles. The van der Waals surface area contributed by atoms with E-state index < -0.39 is 0 Å². The number of hydrogen-bond donors (Lipinski definition) is 1. The normalized spacial score (nSPS) is 13.9. The lowest BCUT2D eigenvalue weighted by Crippen LogP contribution is -2.51. The Kier molecular flexibility index (Phi) is 5.86. The summed E-state index contributed by atoms with van der Waals surface area (Å²) in [5.74, 6) is -0.320. The predicted molar refractivity (Wildman–Crippen MR) is 115 cm³/mol. The lowest BCUT2D eigenvalue weighted by molar-refractivity contribution is -0.130. The van der Waals surface area contributed by atoms with E-state index >= 15 is 0 Å². The van der Waals surface area contributed by atoms with Crippen molar-refractivity contribution in [3.8, 4) is 10.6 Å². The molecule has 29 heavy (non-hydrogen) atoms. The number of amides is 2. The van der Waals surface area contributed by atoms with E-state index in [0.29, 0.717) is 18.0 Å². The van der Waals surface area contributed by atoms with Crippen LogP contribution >= 0.6 is 11.3 Å². The van der Waals surface area contributed by atoms with E-state index in [1.165, 1.54) is 17.0 Å². The van der Waals surface area contributed by atoms with E-state index in [-0.39, 0.29) is 18.4 Å². The van der Waals surface area contributed by atoms with Gasteiger partial charge in [-0.15, -0.1) is 11.3 Å². The molecule has 0 spiro atoms. The average molecular weight is 407 g/mol. The molecule has 3 aromatic rings. The number of piperazine rings is 1. The minimum atomic E-state index is -0.263. The van der Waals surface area contributed by atoms with Gasteiger partial charge >= 0.3 is 0 Å². The van der Waals surface area contributed by atoms with Crippen LogP contribution in [-0.4, -0.2) is 54.4 Å². The number of carbonyl (C=O) groups excluding carboxylic acids is 2. The van der Waals surface area contributed by atoms with Gasteiger partial charge in [-0.05, 0) is 12.1 Å². The van der Waals surface area contributed by atoms with Crippen LogP contribution in [0, 0.1) is 0 Å². The Morgan fingerprint density at radius 1 is 0.931 bits per heavy atom. The molecule has 6 nitrogen and oxygen atoms in total. The third-order valence-corrected chi connectivity index (χ3v) is 5.95. The van der Waals surface area contributed by atoms with Gasteiger partial charge in [-0.25, -0.2) is 4.98 Å². The maximum Gasteiger partial charge on any atom is 0.263 e. The summed E-state index contributed by atoms with van der Waals surface area (Å²) in [6.45, 7) is 2.89. The van der Waals surface area contributed by atoms with Crippen LogP contribution in [0.4, 0.5) is 5.69 Å². The van der Waals surface area contributed by atoms with Crippen molar-refractivity contribution in [2.24, 2.45) is 0 Å². The first-order valence-electron chi connectivity index (χ1n) is 9.58. The Morgan fingerprint density at radius 2 is 1.59 bits per heavy atom. The highest BCUT2D eigenvalue weighted by Gasteiger charge is 2.22. The lowest BCUT2D eigenvalue weighted by Gasteiger charge is -2.36. The molecule has 4 rings (SSSR count). The van der Waals surface area contributed by atoms with Crippen molar-refractivity contribution in [3.05, 3.63) is 71.7 Å². The molecular weight excluding hydrogens is 384 g/mol. The second kappa shape index (κ2) is 8.87. The van der Waals surface area contributed by atoms with Crippen molar-refractivity contribution >= 4 is 28.8 Å². The van der Waals surface area contributed by atoms with Gasteiger partial charge in [0.2, 0.25) is 5.91 Å². The minimum absolute atomic E-state index is 0.00272. The van der Waals surface area contributed by atoms with Gasteiger partial charge in [0.15, 0.2) is 0 Å². The Labute approximate surface area is 173 Å². The van der Waals surface area contributed by atoms with Crippen LogP contribution in [0.2, 0.25) is 0 Å². The Balaban J connectivity index is 1.27. The Morgan fingerprint density at radius 3 is 2.28 bits per heavy atom. The van der Waals surface area contributed by atoms with Crippen molar-refractivity contribution in [2.75, 3.05) is 37.6 Å². The summed E-state index contributed by atoms with van der Waals surface area (Å²) in [6.07, 6.45) is 1.56. The monoisotopic (exact) mass is 406 g/mol. The maximum atomic E-state index is 12.5. The number of aromatic nitrogens is 1. The summed E-state index contributed by atoms with van der Waals surface area (Å²) in [5, 5.41) is 3.52. The zero-order valence-electron chi connectivity index (χ0n) is 16.0. The van der Waals surface area contributed by atoms with Crippen molar-refractivity contribution in [2.45, 2.75) is 0 Å². The van der Waals surface area contributed by atoms with Gasteiger partial charge in [-0.2, -0.15) is 0 Å². The molecule has 148 valence electrons. The van der Waals surface area contributed by atoms with E-state index in [0.717, 1.165) is 23.7 Å². The first-order valence-corrected chi connectivity index (χ1v) is 10.4. The van der Waals surface area contributed by atoms with Crippen molar-refractivity contribution < 1.29 is 9.59 Å². The number of carbonyl (C=O) groups is 2. The molecule has 0 atom stereocenters. The molecule has 1 aliphatic rings. The summed E-state index contributed by atoms with van der Waals surface area (Å²) in [6, 6.07) is 19.9. The van der Waals surface area contributed by atoms with Crippen LogP contribution in [0.3, 0.4) is 0 Å². The van der Waals surface area contributed by atoms with Crippen molar-refractivity contribution in [3.63, 3.8) is 0 Å². The Hall–Kier alpha value is -3.19. The molecule has 0 aliphatic carbocycles. The van der Waals surface area contributed by atoms with E-state index in [4.69, 9.17) is 0 Å². The third-order valence-electron chi connectivity index (χ3n) is 4.90. The summed E-state index contributed by atoms with van der Waals surface area (Å²) < 4.78 is 0. The summed E-state index contributed by atoms with van der Waals surface area (Å²) in [7, 11) is 0. The van der Waals surface area contributed by atoms with E-state index in [9.17, 15) is 9.59 Å². The highest BCUT2D eigenvalue weighted by atomic mass is 32.1. The van der Waals surface area contributed by atoms with Crippen molar-refractivity contribution in [1.29, 1.82) is 0 Å². The first kappa shape index (κ1) is 19.1. The van der Waals surface area contributed by atoms with Crippen LogP contribution in [0.1, 0.15) is 9.67 Å². The van der Waals surface area contributed by atoms with Crippen LogP contribution in [0.5, 0.6) is 0 Å². The van der Waals surface area contributed by atoms with E-state index in [1.807, 2.05) is 53.4 Å². The number of benzene rings is 2. The molecule has 0 unspecified atom stereocenters. The quantitative estimate of drug-likeness (QED) is 0.708. The number of para-hydroxylation sites is 1. The molecular formula is C22H22N4O2S. The van der Waals surface area contributed by atoms with Gasteiger partial charge in [0.1, 0.15) is 9.88 Å². The van der Waals surface area contributed by atoms with Crippen LogP contribution in [-0.2, 0) is 4.79 Å². The number of anilines is 1. The minimum Gasteiger partial charge on any atom is -0.368 e. The average Bonchev–Trinajstić information content (AvgIpc) is 3.29. The number of thiazole rings is 1. The summed E-state index contributed by atoms with van der Waals surface area (Å²) in [4.78, 5) is 33.8. The van der Waals surface area contributed by atoms with Gasteiger partial charge < -0.3 is 15.1 Å². The van der Waals surface area contributed by atoms with Gasteiger partial charge in [-0.1, -0.05) is 48.5 Å². The Bertz CT molecular complexity index is 967. The highest BCUT2D eigenvalue weighted by molar-refractivity contribution is 7.16. The fourth-order valence-electron chi connectivity index (χ4n) is 3.30. The summed E-state index contributed by atoms with van der Waals surface area (Å²) >= 11 is 1.32. The molecule has 2 amide bonds. The molecule has 0 radical (unpaired) electrons. The number of nitrogens with one attached hydrogen (secondary N) is 1. The molecule has 1 fully saturated rings. The topological polar surface area (TPSA) is 65.5 Å². The maximum absolute atomic E-state index is 12.5. The zero-order valence-corrected chi connectivity index (χ0v) is 16.8. The smallest absolute Gasteiger partial charge is 0.263 e. The number of hydrogen-bond acceptors (Lipinski definition) is 5. The second-order valence-electron chi connectivity index (χ2n) is 6.78. The summed E-state index contributed by atoms with van der Waals surface area (Å²) in [5.41, 5.74) is 2.15. The SMILES string of the molecule is O=C(NCC(=O)N1CCN(c2ccccc2)CC1)c1cnc(-c2ccccc2)s1.